The van der Waals surface area contributed by atoms with E-state index in [1.807, 2.05) is 7.05 Å². The van der Waals surface area contributed by atoms with E-state index in [0.29, 0.717) is 5.41 Å². The van der Waals surface area contributed by atoms with Gasteiger partial charge in [-0.25, -0.2) is 0 Å². The molecule has 1 rings (SSSR count). The molecule has 2 heteroatoms. The highest BCUT2D eigenvalue weighted by molar-refractivity contribution is 4.80. The molecule has 1 saturated heterocycles. The maximum atomic E-state index is 3.30. The third-order valence-corrected chi connectivity index (χ3v) is 3.48. The Morgan fingerprint density at radius 3 is 2.67 bits per heavy atom. The van der Waals surface area contributed by atoms with Crippen LogP contribution in [-0.2, 0) is 0 Å². The van der Waals surface area contributed by atoms with Crippen molar-refractivity contribution in [3.8, 4) is 0 Å². The van der Waals surface area contributed by atoms with Crippen LogP contribution in [0.4, 0.5) is 0 Å². The van der Waals surface area contributed by atoms with Crippen molar-refractivity contribution in [2.45, 2.75) is 52.5 Å². The van der Waals surface area contributed by atoms with E-state index in [4.69, 9.17) is 0 Å². The molecule has 1 fully saturated rings. The number of hydrogen-bond acceptors (Lipinski definition) is 2. The van der Waals surface area contributed by atoms with Gasteiger partial charge in [-0.2, -0.15) is 0 Å². The number of nitrogens with one attached hydrogen (secondary N) is 1. The molecule has 0 saturated carbocycles. The summed E-state index contributed by atoms with van der Waals surface area (Å²) in [5.74, 6) is 0. The van der Waals surface area contributed by atoms with Gasteiger partial charge < -0.3 is 10.2 Å². The molecule has 1 atom stereocenters. The van der Waals surface area contributed by atoms with Crippen LogP contribution in [0, 0.1) is 5.41 Å². The first-order valence-electron chi connectivity index (χ1n) is 6.44. The molecule has 0 bridgehead atoms. The second-order valence-corrected chi connectivity index (χ2v) is 5.86. The number of nitrogens with zero attached hydrogens (tertiary/aromatic N) is 1. The topological polar surface area (TPSA) is 15.3 Å². The van der Waals surface area contributed by atoms with Crippen molar-refractivity contribution in [3.05, 3.63) is 0 Å². The van der Waals surface area contributed by atoms with Crippen molar-refractivity contribution >= 4 is 0 Å². The first kappa shape index (κ1) is 13.0. The monoisotopic (exact) mass is 212 g/mol. The van der Waals surface area contributed by atoms with Gasteiger partial charge >= 0.3 is 0 Å². The SMILES string of the molecule is CNCC(C)(C)CN1CCCCCC1C. The zero-order chi connectivity index (χ0) is 11.3. The van der Waals surface area contributed by atoms with Crippen molar-refractivity contribution < 1.29 is 0 Å². The molecule has 0 radical (unpaired) electrons. The number of hydrogen-bond donors (Lipinski definition) is 1. The van der Waals surface area contributed by atoms with E-state index in [1.54, 1.807) is 0 Å². The summed E-state index contributed by atoms with van der Waals surface area (Å²) < 4.78 is 0. The Morgan fingerprint density at radius 1 is 1.27 bits per heavy atom. The average Bonchev–Trinajstić information content (AvgIpc) is 2.31. The van der Waals surface area contributed by atoms with Crippen molar-refractivity contribution in [1.82, 2.24) is 10.2 Å². The summed E-state index contributed by atoms with van der Waals surface area (Å²) >= 11 is 0. The maximum absolute atomic E-state index is 3.30. The highest BCUT2D eigenvalue weighted by atomic mass is 15.2. The van der Waals surface area contributed by atoms with Crippen LogP contribution in [0.5, 0.6) is 0 Å². The van der Waals surface area contributed by atoms with Crippen molar-refractivity contribution in [1.29, 1.82) is 0 Å². The summed E-state index contributed by atoms with van der Waals surface area (Å²) in [6, 6.07) is 0.781. The third-order valence-electron chi connectivity index (χ3n) is 3.48. The molecule has 1 heterocycles. The van der Waals surface area contributed by atoms with E-state index >= 15 is 0 Å². The maximum Gasteiger partial charge on any atom is 0.00671 e. The lowest BCUT2D eigenvalue weighted by atomic mass is 9.92. The molecule has 2 nitrogen and oxygen atoms in total. The zero-order valence-corrected chi connectivity index (χ0v) is 11.0. The van der Waals surface area contributed by atoms with E-state index in [1.165, 1.54) is 38.8 Å². The zero-order valence-electron chi connectivity index (χ0n) is 11.0. The molecule has 0 aromatic carbocycles. The lowest BCUT2D eigenvalue weighted by Gasteiger charge is -2.35. The molecule has 90 valence electrons. The molecule has 0 spiro atoms. The van der Waals surface area contributed by atoms with Crippen LogP contribution in [0.1, 0.15) is 46.5 Å². The number of rotatable bonds is 4. The van der Waals surface area contributed by atoms with Gasteiger partial charge in [0.05, 0.1) is 0 Å². The fraction of sp³-hybridized carbons (Fsp3) is 1.00. The van der Waals surface area contributed by atoms with Crippen LogP contribution in [0.2, 0.25) is 0 Å². The van der Waals surface area contributed by atoms with Gasteiger partial charge in [-0.15, -0.1) is 0 Å². The summed E-state index contributed by atoms with van der Waals surface area (Å²) in [5.41, 5.74) is 0.396. The van der Waals surface area contributed by atoms with Gasteiger partial charge in [-0.1, -0.05) is 26.7 Å². The van der Waals surface area contributed by atoms with Gasteiger partial charge in [0, 0.05) is 19.1 Å². The van der Waals surface area contributed by atoms with Gasteiger partial charge in [-0.3, -0.25) is 0 Å². The van der Waals surface area contributed by atoms with Gasteiger partial charge in [-0.05, 0) is 38.8 Å². The minimum absolute atomic E-state index is 0.396. The van der Waals surface area contributed by atoms with Crippen molar-refractivity contribution in [2.75, 3.05) is 26.7 Å². The average molecular weight is 212 g/mol. The van der Waals surface area contributed by atoms with Gasteiger partial charge in [0.1, 0.15) is 0 Å². The molecule has 0 aliphatic carbocycles. The molecule has 15 heavy (non-hydrogen) atoms. The molecule has 0 aromatic rings. The van der Waals surface area contributed by atoms with Gasteiger partial charge in [0.15, 0.2) is 0 Å². The fourth-order valence-corrected chi connectivity index (χ4v) is 2.65. The minimum atomic E-state index is 0.396. The Bertz CT molecular complexity index is 177. The molecule has 1 aliphatic heterocycles. The summed E-state index contributed by atoms with van der Waals surface area (Å²) in [6.45, 7) is 10.8. The molecule has 1 N–H and O–H groups in total. The Kier molecular flexibility index (Phi) is 5.07. The normalized spacial score (nSPS) is 25.2. The van der Waals surface area contributed by atoms with Crippen LogP contribution in [0.15, 0.2) is 0 Å². The third kappa shape index (κ3) is 4.52. The summed E-state index contributed by atoms with van der Waals surface area (Å²) in [5, 5.41) is 3.30. The molecule has 1 unspecified atom stereocenters. The molecular formula is C13H28N2. The summed E-state index contributed by atoms with van der Waals surface area (Å²) in [7, 11) is 2.05. The quantitative estimate of drug-likeness (QED) is 0.770. The minimum Gasteiger partial charge on any atom is -0.319 e. The Labute approximate surface area is 95.4 Å². The van der Waals surface area contributed by atoms with E-state index in [9.17, 15) is 0 Å². The Morgan fingerprint density at radius 2 is 2.00 bits per heavy atom. The van der Waals surface area contributed by atoms with Gasteiger partial charge in [0.2, 0.25) is 0 Å². The standard InChI is InChI=1S/C13H28N2/c1-12-8-6-5-7-9-15(12)11-13(2,3)10-14-4/h12,14H,5-11H2,1-4H3. The van der Waals surface area contributed by atoms with E-state index in [0.717, 1.165) is 12.6 Å². The summed E-state index contributed by atoms with van der Waals surface area (Å²) in [6.07, 6.45) is 5.62. The largest absolute Gasteiger partial charge is 0.319 e. The van der Waals surface area contributed by atoms with E-state index in [2.05, 4.69) is 31.0 Å². The van der Waals surface area contributed by atoms with Crippen molar-refractivity contribution in [2.24, 2.45) is 5.41 Å². The lowest BCUT2D eigenvalue weighted by Crippen LogP contribution is -2.43. The second-order valence-electron chi connectivity index (χ2n) is 5.86. The first-order chi connectivity index (χ1) is 7.05. The van der Waals surface area contributed by atoms with E-state index in [-0.39, 0.29) is 0 Å². The highest BCUT2D eigenvalue weighted by Crippen LogP contribution is 2.22. The van der Waals surface area contributed by atoms with Crippen LogP contribution in [-0.4, -0.2) is 37.6 Å². The molecule has 1 aliphatic rings. The highest BCUT2D eigenvalue weighted by Gasteiger charge is 2.24. The molecule has 0 aromatic heterocycles. The van der Waals surface area contributed by atoms with Crippen LogP contribution < -0.4 is 5.32 Å². The van der Waals surface area contributed by atoms with E-state index < -0.39 is 0 Å². The van der Waals surface area contributed by atoms with Crippen LogP contribution in [0.25, 0.3) is 0 Å². The second kappa shape index (κ2) is 5.86. The van der Waals surface area contributed by atoms with Gasteiger partial charge in [0.25, 0.3) is 0 Å². The molecule has 0 amide bonds. The lowest BCUT2D eigenvalue weighted by molar-refractivity contribution is 0.139. The van der Waals surface area contributed by atoms with Crippen molar-refractivity contribution in [3.63, 3.8) is 0 Å². The predicted molar refractivity (Wildman–Crippen MR) is 67.2 cm³/mol. The van der Waals surface area contributed by atoms with Crippen LogP contribution >= 0.6 is 0 Å². The smallest absolute Gasteiger partial charge is 0.00671 e. The first-order valence-corrected chi connectivity index (χ1v) is 6.44. The predicted octanol–water partition coefficient (Wildman–Crippen LogP) is 2.50. The van der Waals surface area contributed by atoms with Crippen LogP contribution in [0.3, 0.4) is 0 Å². The molecular weight excluding hydrogens is 184 g/mol. The fourth-order valence-electron chi connectivity index (χ4n) is 2.65. The Balaban J connectivity index is 2.46. The summed E-state index contributed by atoms with van der Waals surface area (Å²) in [4.78, 5) is 2.68. The Hall–Kier alpha value is -0.0800. The number of likely N-dealkylation sites (tertiary alicyclic amines) is 1.